The normalized spacial score (nSPS) is 10.3. The zero-order chi connectivity index (χ0) is 21.8. The highest BCUT2D eigenvalue weighted by Gasteiger charge is 2.12. The lowest BCUT2D eigenvalue weighted by Crippen LogP contribution is -2.11. The van der Waals surface area contributed by atoms with Crippen molar-refractivity contribution < 1.29 is 14.3 Å². The molecule has 2 aromatic heterocycles. The molecule has 0 bridgehead atoms. The summed E-state index contributed by atoms with van der Waals surface area (Å²) in [6.45, 7) is 0. The maximum absolute atomic E-state index is 12.4. The topological polar surface area (TPSA) is 123 Å². The van der Waals surface area contributed by atoms with Crippen LogP contribution in [0.3, 0.4) is 0 Å². The molecule has 0 unspecified atom stereocenters. The number of nitrogen functional groups attached to an aromatic ring is 1. The second kappa shape index (κ2) is 8.52. The molecule has 3 N–H and O–H groups in total. The third-order valence-corrected chi connectivity index (χ3v) is 5.06. The Morgan fingerprint density at radius 3 is 2.42 bits per heavy atom. The van der Waals surface area contributed by atoms with Crippen molar-refractivity contribution in [3.8, 4) is 17.5 Å². The van der Waals surface area contributed by atoms with Crippen molar-refractivity contribution in [2.45, 2.75) is 0 Å². The summed E-state index contributed by atoms with van der Waals surface area (Å²) in [4.78, 5) is 24.5. The van der Waals surface area contributed by atoms with Crippen molar-refractivity contribution in [3.63, 3.8) is 0 Å². The van der Waals surface area contributed by atoms with Gasteiger partial charge in [-0.3, -0.25) is 4.79 Å². The van der Waals surface area contributed by atoms with Crippen LogP contribution in [0.5, 0.6) is 5.75 Å². The Hall–Kier alpha value is -4.42. The van der Waals surface area contributed by atoms with Gasteiger partial charge in [0.15, 0.2) is 0 Å². The summed E-state index contributed by atoms with van der Waals surface area (Å²) in [5, 5.41) is 19.4. The van der Waals surface area contributed by atoms with E-state index in [-0.39, 0.29) is 17.3 Å². The van der Waals surface area contributed by atoms with Crippen molar-refractivity contribution in [2.24, 2.45) is 0 Å². The summed E-state index contributed by atoms with van der Waals surface area (Å²) in [7, 11) is 0. The maximum atomic E-state index is 12.4. The van der Waals surface area contributed by atoms with Gasteiger partial charge in [0.25, 0.3) is 5.91 Å². The first-order valence-electron chi connectivity index (χ1n) is 9.05. The number of ether oxygens (including phenoxy) is 1. The predicted molar refractivity (Wildman–Crippen MR) is 116 cm³/mol. The Balaban J connectivity index is 1.40. The van der Waals surface area contributed by atoms with Gasteiger partial charge in [0.2, 0.25) is 0 Å². The summed E-state index contributed by atoms with van der Waals surface area (Å²) in [5.41, 5.74) is 8.28. The molecule has 2 aromatic carbocycles. The second-order valence-electron chi connectivity index (χ2n) is 6.39. The number of amides is 1. The van der Waals surface area contributed by atoms with Gasteiger partial charge < -0.3 is 15.8 Å². The van der Waals surface area contributed by atoms with Crippen LogP contribution in [0.2, 0.25) is 0 Å². The summed E-state index contributed by atoms with van der Waals surface area (Å²) >= 11 is 1.45. The average Bonchev–Trinajstić information content (AvgIpc) is 3.45. The molecule has 0 spiro atoms. The van der Waals surface area contributed by atoms with E-state index in [1.807, 2.05) is 11.4 Å². The minimum Gasteiger partial charge on any atom is -0.423 e. The van der Waals surface area contributed by atoms with Gasteiger partial charge in [0, 0.05) is 11.1 Å². The average molecular weight is 429 g/mol. The van der Waals surface area contributed by atoms with Gasteiger partial charge >= 0.3 is 5.97 Å². The number of hydrogen-bond acceptors (Lipinski definition) is 7. The SMILES string of the molecule is N#Cc1cnn(-c2ccc(C(=O)Oc3ccc(NC(=O)c4ccsc4)cc3)cc2)c1N. The number of nitrogens with two attached hydrogens (primary N) is 1. The highest BCUT2D eigenvalue weighted by Crippen LogP contribution is 2.20. The third kappa shape index (κ3) is 4.29. The molecule has 9 heteroatoms. The van der Waals surface area contributed by atoms with E-state index in [2.05, 4.69) is 10.4 Å². The molecule has 4 aromatic rings. The van der Waals surface area contributed by atoms with Gasteiger partial charge in [0.05, 0.1) is 23.0 Å². The smallest absolute Gasteiger partial charge is 0.343 e. The molecule has 2 heterocycles. The Morgan fingerprint density at radius 2 is 1.81 bits per heavy atom. The number of aromatic nitrogens is 2. The number of thiophene rings is 1. The number of carbonyl (C=O) groups is 2. The monoisotopic (exact) mass is 429 g/mol. The molecule has 0 aliphatic rings. The summed E-state index contributed by atoms with van der Waals surface area (Å²) < 4.78 is 6.80. The van der Waals surface area contributed by atoms with Gasteiger partial charge in [-0.2, -0.15) is 21.7 Å². The first-order valence-corrected chi connectivity index (χ1v) is 9.99. The zero-order valence-electron chi connectivity index (χ0n) is 16.0. The predicted octanol–water partition coefficient (Wildman–Crippen LogP) is 3.86. The Morgan fingerprint density at radius 1 is 1.06 bits per heavy atom. The van der Waals surface area contributed by atoms with E-state index in [1.54, 1.807) is 60.0 Å². The largest absolute Gasteiger partial charge is 0.423 e. The number of anilines is 2. The quantitative estimate of drug-likeness (QED) is 0.367. The fourth-order valence-electron chi connectivity index (χ4n) is 2.76. The number of rotatable bonds is 5. The summed E-state index contributed by atoms with van der Waals surface area (Å²) in [6, 6.07) is 16.7. The molecule has 0 atom stereocenters. The molecule has 31 heavy (non-hydrogen) atoms. The standard InChI is InChI=1S/C22H15N5O3S/c23-11-16-12-25-27(20(16)24)18-5-1-14(2-6-18)22(29)30-19-7-3-17(4-8-19)26-21(28)15-9-10-31-13-15/h1-10,12-13H,24H2,(H,26,28). The Labute approximate surface area is 181 Å². The van der Waals surface area contributed by atoms with Gasteiger partial charge in [-0.15, -0.1) is 0 Å². The van der Waals surface area contributed by atoms with Gasteiger partial charge in [0.1, 0.15) is 23.2 Å². The molecular weight excluding hydrogens is 414 g/mol. The lowest BCUT2D eigenvalue weighted by Gasteiger charge is -2.08. The van der Waals surface area contributed by atoms with E-state index < -0.39 is 5.97 Å². The van der Waals surface area contributed by atoms with Crippen LogP contribution >= 0.6 is 11.3 Å². The molecule has 4 rings (SSSR count). The summed E-state index contributed by atoms with van der Waals surface area (Å²) in [6.07, 6.45) is 1.38. The minimum absolute atomic E-state index is 0.203. The van der Waals surface area contributed by atoms with Crippen LogP contribution in [-0.4, -0.2) is 21.7 Å². The van der Waals surface area contributed by atoms with Crippen molar-refractivity contribution in [2.75, 3.05) is 11.1 Å². The molecule has 0 radical (unpaired) electrons. The minimum atomic E-state index is -0.534. The molecule has 0 saturated heterocycles. The van der Waals surface area contributed by atoms with Crippen LogP contribution < -0.4 is 15.8 Å². The van der Waals surface area contributed by atoms with E-state index in [9.17, 15) is 9.59 Å². The first kappa shape index (κ1) is 19.9. The van der Waals surface area contributed by atoms with E-state index in [4.69, 9.17) is 15.7 Å². The molecule has 0 aliphatic heterocycles. The number of carbonyl (C=O) groups excluding carboxylic acids is 2. The third-order valence-electron chi connectivity index (χ3n) is 4.38. The summed E-state index contributed by atoms with van der Waals surface area (Å²) in [5.74, 6) is -0.167. The molecule has 0 saturated carbocycles. The lowest BCUT2D eigenvalue weighted by molar-refractivity contribution is 0.0734. The number of nitrogens with one attached hydrogen (secondary N) is 1. The molecular formula is C22H15N5O3S. The highest BCUT2D eigenvalue weighted by molar-refractivity contribution is 7.08. The second-order valence-corrected chi connectivity index (χ2v) is 7.17. The van der Waals surface area contributed by atoms with E-state index in [1.165, 1.54) is 22.2 Å². The van der Waals surface area contributed by atoms with Gasteiger partial charge in [-0.05, 0) is 60.0 Å². The van der Waals surface area contributed by atoms with E-state index in [0.29, 0.717) is 28.3 Å². The number of benzene rings is 2. The molecule has 152 valence electrons. The van der Waals surface area contributed by atoms with Gasteiger partial charge in [-0.1, -0.05) is 0 Å². The van der Waals surface area contributed by atoms with E-state index in [0.717, 1.165) is 0 Å². The van der Waals surface area contributed by atoms with Crippen LogP contribution in [0.25, 0.3) is 5.69 Å². The maximum Gasteiger partial charge on any atom is 0.343 e. The van der Waals surface area contributed by atoms with Crippen LogP contribution in [-0.2, 0) is 0 Å². The molecule has 1 amide bonds. The Bertz CT molecular complexity index is 1270. The van der Waals surface area contributed by atoms with Crippen molar-refractivity contribution in [1.82, 2.24) is 9.78 Å². The first-order chi connectivity index (χ1) is 15.0. The van der Waals surface area contributed by atoms with Crippen molar-refractivity contribution in [3.05, 3.63) is 88.2 Å². The number of nitriles is 1. The highest BCUT2D eigenvalue weighted by atomic mass is 32.1. The number of esters is 1. The van der Waals surface area contributed by atoms with Crippen LogP contribution in [0.1, 0.15) is 26.3 Å². The van der Waals surface area contributed by atoms with Crippen LogP contribution in [0.15, 0.2) is 71.6 Å². The van der Waals surface area contributed by atoms with Crippen LogP contribution in [0, 0.1) is 11.3 Å². The Kier molecular flexibility index (Phi) is 5.47. The lowest BCUT2D eigenvalue weighted by atomic mass is 10.2. The van der Waals surface area contributed by atoms with E-state index >= 15 is 0 Å². The van der Waals surface area contributed by atoms with Crippen molar-refractivity contribution in [1.29, 1.82) is 5.26 Å². The van der Waals surface area contributed by atoms with Crippen LogP contribution in [0.4, 0.5) is 11.5 Å². The molecule has 8 nitrogen and oxygen atoms in total. The van der Waals surface area contributed by atoms with Gasteiger partial charge in [-0.25, -0.2) is 9.48 Å². The number of hydrogen-bond donors (Lipinski definition) is 2. The number of nitrogens with zero attached hydrogens (tertiary/aromatic N) is 3. The fraction of sp³-hybridized carbons (Fsp3) is 0. The zero-order valence-corrected chi connectivity index (χ0v) is 16.8. The van der Waals surface area contributed by atoms with Crippen molar-refractivity contribution >= 4 is 34.7 Å². The molecule has 0 aliphatic carbocycles. The molecule has 0 fully saturated rings. The fourth-order valence-corrected chi connectivity index (χ4v) is 3.39.